The molecular formula is C17H27Cl2NO. The Balaban J connectivity index is 0.00000220. The number of likely N-dealkylation sites (N-methyl/N-ethyl adjacent to an activating group) is 1. The molecule has 0 aliphatic heterocycles. The molecule has 1 aliphatic carbocycles. The van der Waals surface area contributed by atoms with Crippen LogP contribution in [0.5, 0.6) is 0 Å². The lowest BCUT2D eigenvalue weighted by Crippen LogP contribution is -2.62. The van der Waals surface area contributed by atoms with Crippen LogP contribution in [0.1, 0.15) is 45.1 Å². The standard InChI is InChI=1S/C17H26ClNO.ClH/c1-5-16(2,20)15(19(3)4)17(11-6-12-17)13-7-9-14(18)10-8-13;/h7-10,15,20H,5-6,11-12H2,1-4H3;1H. The summed E-state index contributed by atoms with van der Waals surface area (Å²) in [7, 11) is 4.15. The normalized spacial score (nSPS) is 21.1. The molecule has 2 rings (SSSR count). The highest BCUT2D eigenvalue weighted by Gasteiger charge is 2.52. The first-order valence-electron chi connectivity index (χ1n) is 7.48. The maximum absolute atomic E-state index is 10.9. The summed E-state index contributed by atoms with van der Waals surface area (Å²) >= 11 is 6.02. The summed E-state index contributed by atoms with van der Waals surface area (Å²) in [5.74, 6) is 0. The third-order valence-corrected chi connectivity index (χ3v) is 5.26. The second kappa shape index (κ2) is 6.87. The minimum absolute atomic E-state index is 0. The molecule has 0 bridgehead atoms. The number of hydrogen-bond donors (Lipinski definition) is 1. The third kappa shape index (κ3) is 3.39. The fraction of sp³-hybridized carbons (Fsp3) is 0.647. The number of rotatable bonds is 5. The topological polar surface area (TPSA) is 23.5 Å². The molecule has 2 nitrogen and oxygen atoms in total. The largest absolute Gasteiger partial charge is 0.389 e. The first kappa shape index (κ1) is 18.8. The first-order valence-corrected chi connectivity index (χ1v) is 7.86. The minimum Gasteiger partial charge on any atom is -0.389 e. The molecule has 0 amide bonds. The lowest BCUT2D eigenvalue weighted by Gasteiger charge is -2.55. The Hall–Kier alpha value is -0.280. The van der Waals surface area contributed by atoms with Crippen molar-refractivity contribution in [1.29, 1.82) is 0 Å². The van der Waals surface area contributed by atoms with Gasteiger partial charge in [-0.1, -0.05) is 37.1 Å². The first-order chi connectivity index (χ1) is 9.33. The monoisotopic (exact) mass is 331 g/mol. The van der Waals surface area contributed by atoms with Gasteiger partial charge in [-0.3, -0.25) is 0 Å². The molecule has 0 saturated heterocycles. The lowest BCUT2D eigenvalue weighted by atomic mass is 9.56. The van der Waals surface area contributed by atoms with Crippen LogP contribution in [-0.2, 0) is 5.41 Å². The van der Waals surface area contributed by atoms with E-state index in [9.17, 15) is 5.11 Å². The third-order valence-electron chi connectivity index (χ3n) is 5.01. The van der Waals surface area contributed by atoms with Gasteiger partial charge in [-0.2, -0.15) is 0 Å². The van der Waals surface area contributed by atoms with E-state index in [0.717, 1.165) is 24.3 Å². The van der Waals surface area contributed by atoms with Crippen molar-refractivity contribution in [3.63, 3.8) is 0 Å². The molecule has 1 N–H and O–H groups in total. The van der Waals surface area contributed by atoms with E-state index in [0.29, 0.717) is 0 Å². The van der Waals surface area contributed by atoms with Crippen molar-refractivity contribution < 1.29 is 5.11 Å². The van der Waals surface area contributed by atoms with E-state index in [1.165, 1.54) is 12.0 Å². The van der Waals surface area contributed by atoms with E-state index in [2.05, 4.69) is 38.1 Å². The molecular weight excluding hydrogens is 305 g/mol. The number of halogens is 2. The summed E-state index contributed by atoms with van der Waals surface area (Å²) in [5.41, 5.74) is 0.664. The summed E-state index contributed by atoms with van der Waals surface area (Å²) in [6.07, 6.45) is 4.25. The van der Waals surface area contributed by atoms with Crippen molar-refractivity contribution in [2.75, 3.05) is 14.1 Å². The predicted octanol–water partition coefficient (Wildman–Crippen LogP) is 4.27. The van der Waals surface area contributed by atoms with Crippen LogP contribution in [0.3, 0.4) is 0 Å². The van der Waals surface area contributed by atoms with Gasteiger partial charge in [0, 0.05) is 16.5 Å². The Morgan fingerprint density at radius 1 is 1.29 bits per heavy atom. The van der Waals surface area contributed by atoms with Crippen molar-refractivity contribution in [2.24, 2.45) is 0 Å². The Bertz CT molecular complexity index is 452. The van der Waals surface area contributed by atoms with Gasteiger partial charge in [-0.25, -0.2) is 0 Å². The van der Waals surface area contributed by atoms with Crippen LogP contribution in [0.2, 0.25) is 5.02 Å². The van der Waals surface area contributed by atoms with E-state index in [1.54, 1.807) is 0 Å². The molecule has 2 atom stereocenters. The molecule has 1 aromatic carbocycles. The Morgan fingerprint density at radius 2 is 1.81 bits per heavy atom. The zero-order chi connectivity index (χ0) is 15.0. The van der Waals surface area contributed by atoms with Gasteiger partial charge >= 0.3 is 0 Å². The van der Waals surface area contributed by atoms with Gasteiger partial charge < -0.3 is 10.0 Å². The van der Waals surface area contributed by atoms with Crippen LogP contribution in [0.25, 0.3) is 0 Å². The van der Waals surface area contributed by atoms with Crippen molar-refractivity contribution in [3.8, 4) is 0 Å². The van der Waals surface area contributed by atoms with E-state index in [1.807, 2.05) is 19.1 Å². The van der Waals surface area contributed by atoms with Crippen LogP contribution >= 0.6 is 24.0 Å². The average Bonchev–Trinajstić information content (AvgIpc) is 2.34. The van der Waals surface area contributed by atoms with Gasteiger partial charge in [-0.15, -0.1) is 12.4 Å². The number of nitrogens with zero attached hydrogens (tertiary/aromatic N) is 1. The van der Waals surface area contributed by atoms with Gasteiger partial charge in [0.15, 0.2) is 0 Å². The highest BCUT2D eigenvalue weighted by molar-refractivity contribution is 6.30. The summed E-state index contributed by atoms with van der Waals surface area (Å²) in [4.78, 5) is 2.19. The molecule has 21 heavy (non-hydrogen) atoms. The van der Waals surface area contributed by atoms with Gasteiger partial charge in [0.2, 0.25) is 0 Å². The van der Waals surface area contributed by atoms with E-state index >= 15 is 0 Å². The van der Waals surface area contributed by atoms with Crippen LogP contribution in [0.15, 0.2) is 24.3 Å². The molecule has 1 saturated carbocycles. The second-order valence-electron chi connectivity index (χ2n) is 6.59. The van der Waals surface area contributed by atoms with E-state index in [4.69, 9.17) is 11.6 Å². The Kier molecular flexibility index (Phi) is 6.14. The molecule has 0 radical (unpaired) electrons. The molecule has 120 valence electrons. The molecule has 2 unspecified atom stereocenters. The quantitative estimate of drug-likeness (QED) is 0.870. The van der Waals surface area contributed by atoms with Crippen LogP contribution in [0, 0.1) is 0 Å². The summed E-state index contributed by atoms with van der Waals surface area (Å²) < 4.78 is 0. The smallest absolute Gasteiger partial charge is 0.0780 e. The SMILES string of the molecule is CCC(C)(O)C(N(C)C)C1(c2ccc(Cl)cc2)CCC1.Cl. The zero-order valence-electron chi connectivity index (χ0n) is 13.4. The zero-order valence-corrected chi connectivity index (χ0v) is 15.0. The Morgan fingerprint density at radius 3 is 2.14 bits per heavy atom. The second-order valence-corrected chi connectivity index (χ2v) is 7.03. The lowest BCUT2D eigenvalue weighted by molar-refractivity contribution is -0.0759. The number of hydrogen-bond acceptors (Lipinski definition) is 2. The fourth-order valence-corrected chi connectivity index (χ4v) is 4.02. The van der Waals surface area contributed by atoms with Gasteiger partial charge in [-0.05, 0) is 58.0 Å². The molecule has 0 heterocycles. The maximum Gasteiger partial charge on any atom is 0.0780 e. The van der Waals surface area contributed by atoms with Crippen LogP contribution in [-0.4, -0.2) is 35.7 Å². The van der Waals surface area contributed by atoms with Crippen molar-refractivity contribution in [3.05, 3.63) is 34.9 Å². The molecule has 1 aromatic rings. The van der Waals surface area contributed by atoms with Gasteiger partial charge in [0.1, 0.15) is 0 Å². The van der Waals surface area contributed by atoms with E-state index < -0.39 is 5.60 Å². The van der Waals surface area contributed by atoms with Crippen molar-refractivity contribution in [2.45, 2.75) is 56.6 Å². The summed E-state index contributed by atoms with van der Waals surface area (Å²) in [6, 6.07) is 8.30. The molecule has 1 aliphatic rings. The summed E-state index contributed by atoms with van der Waals surface area (Å²) in [6.45, 7) is 4.03. The van der Waals surface area contributed by atoms with Gasteiger partial charge in [0.05, 0.1) is 5.60 Å². The maximum atomic E-state index is 10.9. The van der Waals surface area contributed by atoms with Crippen molar-refractivity contribution >= 4 is 24.0 Å². The average molecular weight is 332 g/mol. The molecule has 0 spiro atoms. The van der Waals surface area contributed by atoms with E-state index in [-0.39, 0.29) is 23.9 Å². The van der Waals surface area contributed by atoms with Crippen LogP contribution in [0.4, 0.5) is 0 Å². The summed E-state index contributed by atoms with van der Waals surface area (Å²) in [5, 5.41) is 11.7. The molecule has 4 heteroatoms. The highest BCUT2D eigenvalue weighted by Crippen LogP contribution is 2.51. The van der Waals surface area contributed by atoms with Crippen LogP contribution < -0.4 is 0 Å². The molecule has 0 aromatic heterocycles. The number of aliphatic hydroxyl groups is 1. The molecule has 1 fully saturated rings. The predicted molar refractivity (Wildman–Crippen MR) is 92.6 cm³/mol. The highest BCUT2D eigenvalue weighted by atomic mass is 35.5. The van der Waals surface area contributed by atoms with Crippen molar-refractivity contribution in [1.82, 2.24) is 4.90 Å². The number of benzene rings is 1. The fourth-order valence-electron chi connectivity index (χ4n) is 3.90. The minimum atomic E-state index is -0.691. The Labute approximate surface area is 139 Å². The van der Waals surface area contributed by atoms with Gasteiger partial charge in [0.25, 0.3) is 0 Å².